The van der Waals surface area contributed by atoms with Gasteiger partial charge in [-0.1, -0.05) is 5.16 Å². The van der Waals surface area contributed by atoms with Crippen LogP contribution in [0.4, 0.5) is 0 Å². The molecule has 4 rings (SSSR count). The molecule has 1 N–H and O–H groups in total. The topological polar surface area (TPSA) is 95.3 Å². The van der Waals surface area contributed by atoms with Crippen molar-refractivity contribution in [3.63, 3.8) is 0 Å². The highest BCUT2D eigenvalue weighted by Crippen LogP contribution is 2.39. The molecule has 2 amide bonds. The summed E-state index contributed by atoms with van der Waals surface area (Å²) < 4.78 is 5.20. The summed E-state index contributed by atoms with van der Waals surface area (Å²) in [6.07, 6.45) is 7.94. The molecular weight excluding hydrogens is 358 g/mol. The van der Waals surface area contributed by atoms with Gasteiger partial charge in [0.25, 0.3) is 0 Å². The number of hydrogen-bond acceptors (Lipinski definition) is 5. The van der Waals surface area contributed by atoms with Crippen LogP contribution in [0.2, 0.25) is 0 Å². The fourth-order valence-corrected chi connectivity index (χ4v) is 4.50. The number of hydrogen-bond donors (Lipinski definition) is 1. The zero-order chi connectivity index (χ0) is 19.6. The van der Waals surface area contributed by atoms with Gasteiger partial charge in [0.15, 0.2) is 0 Å². The number of aryl methyl sites for hydroxylation is 1. The number of carbonyl (C=O) groups excluding carboxylic acids is 2. The van der Waals surface area contributed by atoms with Crippen molar-refractivity contribution in [1.29, 1.82) is 0 Å². The van der Waals surface area contributed by atoms with Crippen molar-refractivity contribution >= 4 is 11.8 Å². The van der Waals surface area contributed by atoms with Gasteiger partial charge >= 0.3 is 0 Å². The normalized spacial score (nSPS) is 22.8. The quantitative estimate of drug-likeness (QED) is 0.846. The Bertz CT molecular complexity index is 831. The van der Waals surface area contributed by atoms with Crippen molar-refractivity contribution in [3.8, 4) is 0 Å². The lowest BCUT2D eigenvalue weighted by Crippen LogP contribution is -2.55. The highest BCUT2D eigenvalue weighted by atomic mass is 16.5. The maximum absolute atomic E-state index is 12.8. The van der Waals surface area contributed by atoms with Crippen LogP contribution in [0.15, 0.2) is 23.1 Å². The minimum absolute atomic E-state index is 0.00708. The molecule has 0 bridgehead atoms. The van der Waals surface area contributed by atoms with Crippen LogP contribution in [0.25, 0.3) is 0 Å². The molecule has 2 aliphatic rings. The Labute approximate surface area is 164 Å². The van der Waals surface area contributed by atoms with Gasteiger partial charge in [-0.3, -0.25) is 9.59 Å². The molecule has 1 spiro atoms. The number of imidazole rings is 1. The largest absolute Gasteiger partial charge is 0.361 e. The van der Waals surface area contributed by atoms with Crippen LogP contribution in [-0.4, -0.2) is 62.9 Å². The number of likely N-dealkylation sites (tertiary alicyclic amines) is 2. The smallest absolute Gasteiger partial charge is 0.230 e. The van der Waals surface area contributed by atoms with Gasteiger partial charge in [-0.05, 0) is 26.2 Å². The Morgan fingerprint density at radius 1 is 1.36 bits per heavy atom. The second-order valence-electron chi connectivity index (χ2n) is 8.17. The van der Waals surface area contributed by atoms with Gasteiger partial charge in [0.2, 0.25) is 11.8 Å². The molecule has 2 aromatic rings. The Morgan fingerprint density at radius 3 is 3.00 bits per heavy atom. The third kappa shape index (κ3) is 4.10. The summed E-state index contributed by atoms with van der Waals surface area (Å²) in [7, 11) is 0. The van der Waals surface area contributed by atoms with Gasteiger partial charge in [0.1, 0.15) is 5.76 Å². The summed E-state index contributed by atoms with van der Waals surface area (Å²) in [5, 5.41) is 3.86. The molecule has 0 saturated carbocycles. The summed E-state index contributed by atoms with van der Waals surface area (Å²) in [6, 6.07) is 1.81. The molecule has 2 saturated heterocycles. The molecular formula is C20H27N5O3. The van der Waals surface area contributed by atoms with E-state index in [1.54, 1.807) is 12.5 Å². The van der Waals surface area contributed by atoms with E-state index in [0.29, 0.717) is 25.3 Å². The molecule has 1 unspecified atom stereocenters. The fourth-order valence-electron chi connectivity index (χ4n) is 4.50. The first-order valence-electron chi connectivity index (χ1n) is 9.98. The second-order valence-corrected chi connectivity index (χ2v) is 8.17. The Kier molecular flexibility index (Phi) is 5.19. The van der Waals surface area contributed by atoms with E-state index in [2.05, 4.69) is 15.1 Å². The lowest BCUT2D eigenvalue weighted by atomic mass is 9.73. The third-order valence-corrected chi connectivity index (χ3v) is 5.97. The predicted molar refractivity (Wildman–Crippen MR) is 101 cm³/mol. The predicted octanol–water partition coefficient (Wildman–Crippen LogP) is 1.72. The van der Waals surface area contributed by atoms with Crippen molar-refractivity contribution in [2.45, 2.75) is 45.4 Å². The Morgan fingerprint density at radius 2 is 2.25 bits per heavy atom. The van der Waals surface area contributed by atoms with Crippen LogP contribution < -0.4 is 0 Å². The third-order valence-electron chi connectivity index (χ3n) is 5.97. The Hall–Kier alpha value is -2.64. The summed E-state index contributed by atoms with van der Waals surface area (Å²) in [6.45, 7) is 4.76. The summed E-state index contributed by atoms with van der Waals surface area (Å²) in [4.78, 5) is 36.3. The van der Waals surface area contributed by atoms with Gasteiger partial charge < -0.3 is 19.3 Å². The maximum Gasteiger partial charge on any atom is 0.230 e. The molecule has 2 aliphatic heterocycles. The standard InChI is InChI=1S/C20H27N5O3/c1-15-9-17(28-23-15)10-19(27)24-7-2-5-20(12-24)6-3-18(26)25(13-20)8-4-16-11-21-14-22-16/h9,11,14H,2-8,10,12-13H2,1H3,(H,21,22). The van der Waals surface area contributed by atoms with Gasteiger partial charge in [-0.2, -0.15) is 0 Å². The number of H-pyrrole nitrogens is 1. The minimum atomic E-state index is 0.00708. The fraction of sp³-hybridized carbons (Fsp3) is 0.600. The molecule has 28 heavy (non-hydrogen) atoms. The van der Waals surface area contributed by atoms with Crippen molar-refractivity contribution in [3.05, 3.63) is 35.7 Å². The minimum Gasteiger partial charge on any atom is -0.361 e. The number of aromatic amines is 1. The summed E-state index contributed by atoms with van der Waals surface area (Å²) >= 11 is 0. The SMILES string of the molecule is Cc1cc(CC(=O)N2CCCC3(CCC(=O)N(CCc4cnc[nH]4)C3)C2)on1. The van der Waals surface area contributed by atoms with Crippen molar-refractivity contribution in [2.75, 3.05) is 26.2 Å². The molecule has 2 fully saturated rings. The number of nitrogens with zero attached hydrogens (tertiary/aromatic N) is 4. The number of carbonyl (C=O) groups is 2. The van der Waals surface area contributed by atoms with Crippen molar-refractivity contribution in [1.82, 2.24) is 24.9 Å². The van der Waals surface area contributed by atoms with Crippen molar-refractivity contribution in [2.24, 2.45) is 5.41 Å². The van der Waals surface area contributed by atoms with E-state index in [0.717, 1.165) is 50.2 Å². The summed E-state index contributed by atoms with van der Waals surface area (Å²) in [5.41, 5.74) is 1.83. The zero-order valence-corrected chi connectivity index (χ0v) is 16.3. The molecule has 4 heterocycles. The molecule has 8 nitrogen and oxygen atoms in total. The second kappa shape index (κ2) is 7.77. The lowest BCUT2D eigenvalue weighted by molar-refractivity contribution is -0.142. The number of piperidine rings is 2. The lowest BCUT2D eigenvalue weighted by Gasteiger charge is -2.48. The molecule has 0 radical (unpaired) electrons. The van der Waals surface area contributed by atoms with Crippen molar-refractivity contribution < 1.29 is 14.1 Å². The first kappa shape index (κ1) is 18.7. The molecule has 2 aromatic heterocycles. The van der Waals surface area contributed by atoms with Gasteiger partial charge in [-0.15, -0.1) is 0 Å². The van der Waals surface area contributed by atoms with E-state index >= 15 is 0 Å². The maximum atomic E-state index is 12.8. The van der Waals surface area contributed by atoms with E-state index in [9.17, 15) is 9.59 Å². The van der Waals surface area contributed by atoms with Crippen LogP contribution in [0.3, 0.4) is 0 Å². The number of rotatable bonds is 5. The first-order valence-corrected chi connectivity index (χ1v) is 9.98. The Balaban J connectivity index is 1.38. The van der Waals surface area contributed by atoms with Crippen LogP contribution in [0.1, 0.15) is 42.8 Å². The monoisotopic (exact) mass is 385 g/mol. The van der Waals surface area contributed by atoms with Crippen LogP contribution in [0.5, 0.6) is 0 Å². The van der Waals surface area contributed by atoms with Gasteiger partial charge in [-0.25, -0.2) is 4.98 Å². The average Bonchev–Trinajstić information content (AvgIpc) is 3.34. The van der Waals surface area contributed by atoms with Gasteiger partial charge in [0, 0.05) is 62.4 Å². The summed E-state index contributed by atoms with van der Waals surface area (Å²) in [5.74, 6) is 0.906. The van der Waals surface area contributed by atoms with E-state index in [1.807, 2.05) is 22.8 Å². The van der Waals surface area contributed by atoms with E-state index in [1.165, 1.54) is 0 Å². The van der Waals surface area contributed by atoms with E-state index in [4.69, 9.17) is 4.52 Å². The molecule has 150 valence electrons. The molecule has 0 aromatic carbocycles. The van der Waals surface area contributed by atoms with Crippen LogP contribution in [-0.2, 0) is 22.4 Å². The van der Waals surface area contributed by atoms with Crippen LogP contribution in [0, 0.1) is 12.3 Å². The number of amides is 2. The van der Waals surface area contributed by atoms with Gasteiger partial charge in [0.05, 0.1) is 18.4 Å². The first-order chi connectivity index (χ1) is 13.5. The zero-order valence-electron chi connectivity index (χ0n) is 16.3. The molecule has 0 aliphatic carbocycles. The highest BCUT2D eigenvalue weighted by Gasteiger charge is 2.42. The van der Waals surface area contributed by atoms with Crippen LogP contribution >= 0.6 is 0 Å². The molecule has 1 atom stereocenters. The number of aromatic nitrogens is 3. The van der Waals surface area contributed by atoms with E-state index in [-0.39, 0.29) is 23.7 Å². The van der Waals surface area contributed by atoms with E-state index < -0.39 is 0 Å². The molecule has 8 heteroatoms. The highest BCUT2D eigenvalue weighted by molar-refractivity contribution is 5.79. The number of nitrogens with one attached hydrogen (secondary N) is 1. The average molecular weight is 385 g/mol.